The standard InChI is InChI=1S/C11H14N2O/c1-3-6-13-10-7-8(2)4-5-9(10)12-11(13)14/h4-5,7H,3,6H2,1-2H3,(H,12,14). The summed E-state index contributed by atoms with van der Waals surface area (Å²) in [6.07, 6.45) is 0.973. The Balaban J connectivity index is 2.73. The zero-order valence-electron chi connectivity index (χ0n) is 8.50. The van der Waals surface area contributed by atoms with E-state index in [0.29, 0.717) is 0 Å². The summed E-state index contributed by atoms with van der Waals surface area (Å²) >= 11 is 0. The molecule has 0 spiro atoms. The highest BCUT2D eigenvalue weighted by molar-refractivity contribution is 5.75. The van der Waals surface area contributed by atoms with Gasteiger partial charge < -0.3 is 4.98 Å². The lowest BCUT2D eigenvalue weighted by molar-refractivity contribution is 0.674. The molecule has 0 saturated carbocycles. The van der Waals surface area contributed by atoms with Crippen molar-refractivity contribution >= 4 is 11.0 Å². The lowest BCUT2D eigenvalue weighted by Crippen LogP contribution is -2.16. The Labute approximate surface area is 82.4 Å². The first-order valence-electron chi connectivity index (χ1n) is 4.91. The number of rotatable bonds is 2. The molecule has 0 aliphatic carbocycles. The van der Waals surface area contributed by atoms with Gasteiger partial charge in [-0.05, 0) is 31.0 Å². The number of hydrogen-bond donors (Lipinski definition) is 1. The minimum atomic E-state index is -0.00699. The summed E-state index contributed by atoms with van der Waals surface area (Å²) in [5, 5.41) is 0. The van der Waals surface area contributed by atoms with E-state index in [4.69, 9.17) is 0 Å². The molecule has 0 bridgehead atoms. The number of nitrogens with zero attached hydrogens (tertiary/aromatic N) is 1. The lowest BCUT2D eigenvalue weighted by atomic mass is 10.2. The number of hydrogen-bond acceptors (Lipinski definition) is 1. The number of imidazole rings is 1. The van der Waals surface area contributed by atoms with Crippen molar-refractivity contribution in [3.63, 3.8) is 0 Å². The molecule has 0 radical (unpaired) electrons. The summed E-state index contributed by atoms with van der Waals surface area (Å²) in [6.45, 7) is 4.89. The normalized spacial score (nSPS) is 11.0. The Morgan fingerprint density at radius 2 is 2.21 bits per heavy atom. The molecule has 3 nitrogen and oxygen atoms in total. The molecule has 1 aromatic carbocycles. The van der Waals surface area contributed by atoms with Crippen LogP contribution in [0.2, 0.25) is 0 Å². The molecule has 2 rings (SSSR count). The van der Waals surface area contributed by atoms with Gasteiger partial charge in [0.05, 0.1) is 11.0 Å². The number of benzene rings is 1. The van der Waals surface area contributed by atoms with Crippen LogP contribution < -0.4 is 5.69 Å². The molecule has 74 valence electrons. The number of H-pyrrole nitrogens is 1. The summed E-state index contributed by atoms with van der Waals surface area (Å²) in [4.78, 5) is 14.4. The van der Waals surface area contributed by atoms with Gasteiger partial charge in [-0.2, -0.15) is 0 Å². The van der Waals surface area contributed by atoms with Crippen molar-refractivity contribution in [3.05, 3.63) is 34.2 Å². The van der Waals surface area contributed by atoms with Gasteiger partial charge in [0, 0.05) is 6.54 Å². The van der Waals surface area contributed by atoms with Gasteiger partial charge in [-0.25, -0.2) is 4.79 Å². The zero-order valence-corrected chi connectivity index (χ0v) is 8.50. The van der Waals surface area contributed by atoms with Crippen molar-refractivity contribution in [1.29, 1.82) is 0 Å². The van der Waals surface area contributed by atoms with E-state index < -0.39 is 0 Å². The smallest absolute Gasteiger partial charge is 0.306 e. The fourth-order valence-electron chi connectivity index (χ4n) is 1.71. The van der Waals surface area contributed by atoms with Crippen LogP contribution in [0.4, 0.5) is 0 Å². The summed E-state index contributed by atoms with van der Waals surface area (Å²) in [5.74, 6) is 0. The monoisotopic (exact) mass is 190 g/mol. The Bertz CT molecular complexity index is 507. The molecule has 0 atom stereocenters. The number of aryl methyl sites for hydroxylation is 2. The van der Waals surface area contributed by atoms with Crippen molar-refractivity contribution in [2.24, 2.45) is 0 Å². The van der Waals surface area contributed by atoms with E-state index in [0.717, 1.165) is 24.0 Å². The molecule has 1 heterocycles. The lowest BCUT2D eigenvalue weighted by Gasteiger charge is -2.00. The first kappa shape index (κ1) is 9.06. The van der Waals surface area contributed by atoms with Gasteiger partial charge in [0.1, 0.15) is 0 Å². The highest BCUT2D eigenvalue weighted by atomic mass is 16.1. The van der Waals surface area contributed by atoms with Gasteiger partial charge >= 0.3 is 5.69 Å². The molecular weight excluding hydrogens is 176 g/mol. The van der Waals surface area contributed by atoms with Gasteiger partial charge in [-0.1, -0.05) is 13.0 Å². The van der Waals surface area contributed by atoms with Crippen LogP contribution in [0.1, 0.15) is 18.9 Å². The second-order valence-electron chi connectivity index (χ2n) is 3.60. The molecule has 0 amide bonds. The fourth-order valence-corrected chi connectivity index (χ4v) is 1.71. The Kier molecular flexibility index (Phi) is 2.15. The van der Waals surface area contributed by atoms with Crippen molar-refractivity contribution in [3.8, 4) is 0 Å². The molecule has 14 heavy (non-hydrogen) atoms. The van der Waals surface area contributed by atoms with E-state index in [2.05, 4.69) is 11.9 Å². The number of aromatic nitrogens is 2. The topological polar surface area (TPSA) is 37.8 Å². The van der Waals surface area contributed by atoms with Crippen molar-refractivity contribution in [2.75, 3.05) is 0 Å². The van der Waals surface area contributed by atoms with E-state index in [1.807, 2.05) is 25.1 Å². The molecule has 2 aromatic rings. The van der Waals surface area contributed by atoms with Crippen LogP contribution in [0.3, 0.4) is 0 Å². The van der Waals surface area contributed by atoms with Crippen LogP contribution in [0.25, 0.3) is 11.0 Å². The van der Waals surface area contributed by atoms with Crippen LogP contribution in [0.5, 0.6) is 0 Å². The van der Waals surface area contributed by atoms with E-state index in [-0.39, 0.29) is 5.69 Å². The van der Waals surface area contributed by atoms with Crippen molar-refractivity contribution < 1.29 is 0 Å². The van der Waals surface area contributed by atoms with Gasteiger partial charge in [0.25, 0.3) is 0 Å². The molecule has 1 aromatic heterocycles. The SMILES string of the molecule is CCCn1c(=O)[nH]c2ccc(C)cc21. The third-order valence-electron chi connectivity index (χ3n) is 2.38. The minimum absolute atomic E-state index is 0.00699. The third-order valence-corrected chi connectivity index (χ3v) is 2.38. The molecule has 1 N–H and O–H groups in total. The van der Waals surface area contributed by atoms with Crippen molar-refractivity contribution in [2.45, 2.75) is 26.8 Å². The molecule has 3 heteroatoms. The average molecular weight is 190 g/mol. The number of fused-ring (bicyclic) bond motifs is 1. The van der Waals surface area contributed by atoms with Crippen LogP contribution in [0, 0.1) is 6.92 Å². The molecule has 0 aliphatic heterocycles. The van der Waals surface area contributed by atoms with Gasteiger partial charge in [-0.3, -0.25) is 4.57 Å². The Hall–Kier alpha value is -1.51. The summed E-state index contributed by atoms with van der Waals surface area (Å²) in [5.41, 5.74) is 3.11. The minimum Gasteiger partial charge on any atom is -0.306 e. The first-order chi connectivity index (χ1) is 6.72. The number of aromatic amines is 1. The maximum absolute atomic E-state index is 11.5. The average Bonchev–Trinajstić information content (AvgIpc) is 2.45. The highest BCUT2D eigenvalue weighted by Crippen LogP contribution is 2.12. The van der Waals surface area contributed by atoms with E-state index in [1.165, 1.54) is 5.56 Å². The quantitative estimate of drug-likeness (QED) is 0.773. The predicted molar refractivity (Wildman–Crippen MR) is 57.6 cm³/mol. The summed E-state index contributed by atoms with van der Waals surface area (Å²) < 4.78 is 1.79. The van der Waals surface area contributed by atoms with E-state index in [9.17, 15) is 4.79 Å². The second-order valence-corrected chi connectivity index (χ2v) is 3.60. The van der Waals surface area contributed by atoms with Gasteiger partial charge in [0.2, 0.25) is 0 Å². The fraction of sp³-hybridized carbons (Fsp3) is 0.364. The molecular formula is C11H14N2O. The van der Waals surface area contributed by atoms with Crippen LogP contribution in [-0.4, -0.2) is 9.55 Å². The maximum Gasteiger partial charge on any atom is 0.326 e. The van der Waals surface area contributed by atoms with Crippen LogP contribution in [-0.2, 0) is 6.54 Å². The first-order valence-corrected chi connectivity index (χ1v) is 4.91. The highest BCUT2D eigenvalue weighted by Gasteiger charge is 2.04. The molecule has 0 aliphatic rings. The maximum atomic E-state index is 11.5. The van der Waals surface area contributed by atoms with Crippen LogP contribution >= 0.6 is 0 Å². The Morgan fingerprint density at radius 3 is 2.93 bits per heavy atom. The summed E-state index contributed by atoms with van der Waals surface area (Å²) in [7, 11) is 0. The largest absolute Gasteiger partial charge is 0.326 e. The second kappa shape index (κ2) is 3.33. The molecule has 0 fully saturated rings. The molecule has 0 saturated heterocycles. The third kappa shape index (κ3) is 1.35. The number of nitrogens with one attached hydrogen (secondary N) is 1. The van der Waals surface area contributed by atoms with E-state index >= 15 is 0 Å². The molecule has 0 unspecified atom stereocenters. The van der Waals surface area contributed by atoms with Crippen LogP contribution in [0.15, 0.2) is 23.0 Å². The van der Waals surface area contributed by atoms with Crippen molar-refractivity contribution in [1.82, 2.24) is 9.55 Å². The van der Waals surface area contributed by atoms with Gasteiger partial charge in [0.15, 0.2) is 0 Å². The Morgan fingerprint density at radius 1 is 1.43 bits per heavy atom. The predicted octanol–water partition coefficient (Wildman–Crippen LogP) is 2.05. The summed E-state index contributed by atoms with van der Waals surface area (Å²) in [6, 6.07) is 6.01. The van der Waals surface area contributed by atoms with E-state index in [1.54, 1.807) is 4.57 Å². The zero-order chi connectivity index (χ0) is 10.1. The van der Waals surface area contributed by atoms with Gasteiger partial charge in [-0.15, -0.1) is 0 Å².